The van der Waals surface area contributed by atoms with Crippen molar-refractivity contribution in [1.29, 1.82) is 0 Å². The number of halogens is 1. The number of likely N-dealkylation sites (N-methyl/N-ethyl adjacent to an activating group) is 1. The molecule has 1 heterocycles. The summed E-state index contributed by atoms with van der Waals surface area (Å²) in [5.74, 6) is 0.845. The number of hydrogen-bond donors (Lipinski definition) is 2. The highest BCUT2D eigenvalue weighted by atomic mass is 127. The molecule has 0 spiro atoms. The van der Waals surface area contributed by atoms with E-state index in [1.165, 1.54) is 11.1 Å². The zero-order valence-electron chi connectivity index (χ0n) is 17.9. The van der Waals surface area contributed by atoms with Gasteiger partial charge in [-0.25, -0.2) is 0 Å². The van der Waals surface area contributed by atoms with Gasteiger partial charge in [-0.1, -0.05) is 44.2 Å². The number of aryl methyl sites for hydroxylation is 1. The third-order valence-electron chi connectivity index (χ3n) is 4.73. The van der Waals surface area contributed by atoms with Crippen LogP contribution in [0.2, 0.25) is 0 Å². The van der Waals surface area contributed by atoms with Crippen molar-refractivity contribution in [1.82, 2.24) is 25.3 Å². The molecule has 0 bridgehead atoms. The summed E-state index contributed by atoms with van der Waals surface area (Å²) in [7, 11) is 6.12. The van der Waals surface area contributed by atoms with Gasteiger partial charge in [0.15, 0.2) is 5.96 Å². The van der Waals surface area contributed by atoms with Crippen LogP contribution in [-0.4, -0.2) is 54.4 Å². The molecule has 0 saturated heterocycles. The van der Waals surface area contributed by atoms with Crippen molar-refractivity contribution in [3.05, 3.63) is 53.9 Å². The van der Waals surface area contributed by atoms with Crippen molar-refractivity contribution in [2.24, 2.45) is 12.0 Å². The van der Waals surface area contributed by atoms with Crippen LogP contribution in [0.5, 0.6) is 0 Å². The predicted molar refractivity (Wildman–Crippen MR) is 129 cm³/mol. The average molecular weight is 498 g/mol. The highest BCUT2D eigenvalue weighted by Gasteiger charge is 2.21. The van der Waals surface area contributed by atoms with E-state index in [9.17, 15) is 0 Å². The van der Waals surface area contributed by atoms with Gasteiger partial charge in [0.25, 0.3) is 0 Å². The highest BCUT2D eigenvalue weighted by Crippen LogP contribution is 2.23. The van der Waals surface area contributed by atoms with Crippen molar-refractivity contribution in [3.63, 3.8) is 0 Å². The second kappa shape index (κ2) is 11.4. The lowest BCUT2D eigenvalue weighted by Crippen LogP contribution is -2.42. The second-order valence-electron chi connectivity index (χ2n) is 7.75. The maximum atomic E-state index is 4.85. The maximum absolute atomic E-state index is 4.85. The first-order chi connectivity index (χ1) is 12.8. The van der Waals surface area contributed by atoms with E-state index in [1.54, 1.807) is 0 Å². The lowest BCUT2D eigenvalue weighted by Gasteiger charge is -2.26. The summed E-state index contributed by atoms with van der Waals surface area (Å²) < 4.78 is 1.84. The quantitative estimate of drug-likeness (QED) is 0.334. The number of aromatic nitrogens is 2. The lowest BCUT2D eigenvalue weighted by molar-refractivity contribution is 0.298. The van der Waals surface area contributed by atoms with Crippen LogP contribution < -0.4 is 10.6 Å². The molecule has 1 unspecified atom stereocenters. The Hall–Kier alpha value is -1.61. The van der Waals surface area contributed by atoms with Crippen LogP contribution in [-0.2, 0) is 12.5 Å². The van der Waals surface area contributed by atoms with Gasteiger partial charge in [0.1, 0.15) is 0 Å². The summed E-state index contributed by atoms with van der Waals surface area (Å²) in [6.07, 6.45) is 3.99. The Morgan fingerprint density at radius 1 is 1.21 bits per heavy atom. The van der Waals surface area contributed by atoms with Gasteiger partial charge in [0, 0.05) is 37.3 Å². The molecule has 0 saturated carbocycles. The Balaban J connectivity index is 0.00000392. The highest BCUT2D eigenvalue weighted by molar-refractivity contribution is 14.0. The van der Waals surface area contributed by atoms with Crippen LogP contribution >= 0.6 is 24.0 Å². The van der Waals surface area contributed by atoms with Crippen molar-refractivity contribution < 1.29 is 0 Å². The maximum Gasteiger partial charge on any atom is 0.191 e. The molecule has 0 aliphatic heterocycles. The van der Waals surface area contributed by atoms with E-state index in [0.29, 0.717) is 6.54 Å². The molecule has 156 valence electrons. The van der Waals surface area contributed by atoms with Crippen LogP contribution in [0, 0.1) is 0 Å². The van der Waals surface area contributed by atoms with E-state index < -0.39 is 0 Å². The predicted octanol–water partition coefficient (Wildman–Crippen LogP) is 3.17. The number of benzene rings is 1. The Morgan fingerprint density at radius 2 is 1.89 bits per heavy atom. The standard InChI is InChI=1S/C21H34N6.HI/c1-7-22-20(24-16-21(2,3)18-11-9-8-10-12-18)23-14-19(26(4)5)17-13-25-27(6)15-17;/h8-13,15,19H,7,14,16H2,1-6H3,(H2,22,23,24);1H. The molecule has 6 nitrogen and oxygen atoms in total. The minimum absolute atomic E-state index is 0. The molecule has 2 N–H and O–H groups in total. The first-order valence-corrected chi connectivity index (χ1v) is 9.56. The third kappa shape index (κ3) is 7.09. The van der Waals surface area contributed by atoms with Gasteiger partial charge in [-0.2, -0.15) is 5.10 Å². The topological polar surface area (TPSA) is 57.5 Å². The van der Waals surface area contributed by atoms with Crippen LogP contribution in [0.15, 0.2) is 47.7 Å². The Kier molecular flexibility index (Phi) is 9.95. The van der Waals surface area contributed by atoms with Crippen LogP contribution in [0.1, 0.15) is 37.9 Å². The summed E-state index contributed by atoms with van der Waals surface area (Å²) in [6.45, 7) is 8.85. The normalized spacial score (nSPS) is 13.2. The van der Waals surface area contributed by atoms with Gasteiger partial charge >= 0.3 is 0 Å². The van der Waals surface area contributed by atoms with E-state index in [2.05, 4.69) is 86.0 Å². The summed E-state index contributed by atoms with van der Waals surface area (Å²) in [6, 6.07) is 10.8. The number of rotatable bonds is 8. The summed E-state index contributed by atoms with van der Waals surface area (Å²) in [5.41, 5.74) is 2.47. The molecule has 28 heavy (non-hydrogen) atoms. The van der Waals surface area contributed by atoms with Gasteiger partial charge in [-0.05, 0) is 26.6 Å². The molecule has 7 heteroatoms. The largest absolute Gasteiger partial charge is 0.357 e. The van der Waals surface area contributed by atoms with E-state index in [-0.39, 0.29) is 35.4 Å². The zero-order valence-corrected chi connectivity index (χ0v) is 20.3. The molecule has 0 fully saturated rings. The van der Waals surface area contributed by atoms with Gasteiger partial charge < -0.3 is 15.5 Å². The smallest absolute Gasteiger partial charge is 0.191 e. The number of guanidine groups is 1. The molecule has 2 rings (SSSR count). The fraction of sp³-hybridized carbons (Fsp3) is 0.524. The lowest BCUT2D eigenvalue weighted by atomic mass is 9.85. The first kappa shape index (κ1) is 24.4. The van der Waals surface area contributed by atoms with E-state index in [1.807, 2.05) is 24.0 Å². The first-order valence-electron chi connectivity index (χ1n) is 9.56. The minimum atomic E-state index is -0.0199. The zero-order chi connectivity index (χ0) is 19.9. The molecule has 0 aliphatic rings. The molecular formula is C21H35IN6. The monoisotopic (exact) mass is 498 g/mol. The fourth-order valence-corrected chi connectivity index (χ4v) is 3.00. The fourth-order valence-electron chi connectivity index (χ4n) is 3.00. The molecule has 1 aromatic heterocycles. The van der Waals surface area contributed by atoms with Gasteiger partial charge in [-0.15, -0.1) is 24.0 Å². The van der Waals surface area contributed by atoms with E-state index >= 15 is 0 Å². The minimum Gasteiger partial charge on any atom is -0.357 e. The summed E-state index contributed by atoms with van der Waals surface area (Å²) >= 11 is 0. The Bertz CT molecular complexity index is 724. The molecule has 1 aromatic carbocycles. The molecule has 0 amide bonds. The van der Waals surface area contributed by atoms with Gasteiger partial charge in [0.05, 0.1) is 18.8 Å². The van der Waals surface area contributed by atoms with Gasteiger partial charge in [0.2, 0.25) is 0 Å². The van der Waals surface area contributed by atoms with Crippen molar-refractivity contribution in [2.45, 2.75) is 32.2 Å². The molecular weight excluding hydrogens is 463 g/mol. The van der Waals surface area contributed by atoms with Gasteiger partial charge in [-0.3, -0.25) is 9.67 Å². The molecule has 1 atom stereocenters. The van der Waals surface area contributed by atoms with Crippen molar-refractivity contribution in [2.75, 3.05) is 33.7 Å². The number of aliphatic imine (C=N–C) groups is 1. The van der Waals surface area contributed by atoms with E-state index in [4.69, 9.17) is 4.99 Å². The summed E-state index contributed by atoms with van der Waals surface area (Å²) in [5, 5.41) is 11.2. The SMILES string of the molecule is CCNC(=NCC(C)(C)c1ccccc1)NCC(c1cnn(C)c1)N(C)C.I. The average Bonchev–Trinajstić information content (AvgIpc) is 3.06. The summed E-state index contributed by atoms with van der Waals surface area (Å²) in [4.78, 5) is 7.04. The molecule has 0 aliphatic carbocycles. The number of hydrogen-bond acceptors (Lipinski definition) is 3. The second-order valence-corrected chi connectivity index (χ2v) is 7.75. The van der Waals surface area contributed by atoms with E-state index in [0.717, 1.165) is 19.0 Å². The Labute approximate surface area is 186 Å². The van der Waals surface area contributed by atoms with Crippen molar-refractivity contribution >= 4 is 29.9 Å². The van der Waals surface area contributed by atoms with Crippen LogP contribution in [0.4, 0.5) is 0 Å². The Morgan fingerprint density at radius 3 is 2.43 bits per heavy atom. The van der Waals surface area contributed by atoms with Crippen molar-refractivity contribution in [3.8, 4) is 0 Å². The van der Waals surface area contributed by atoms with Crippen LogP contribution in [0.25, 0.3) is 0 Å². The van der Waals surface area contributed by atoms with Crippen LogP contribution in [0.3, 0.4) is 0 Å². The molecule has 2 aromatic rings. The number of nitrogens with zero attached hydrogens (tertiary/aromatic N) is 4. The third-order valence-corrected chi connectivity index (χ3v) is 4.73. The number of nitrogens with one attached hydrogen (secondary N) is 2. The molecule has 0 radical (unpaired) electrons.